The number of piperazine rings is 1. The van der Waals surface area contributed by atoms with Crippen LogP contribution in [-0.4, -0.2) is 49.6 Å². The maximum absolute atomic E-state index is 12.8. The fraction of sp³-hybridized carbons (Fsp3) is 0.300. The molecule has 3 amide bonds. The second-order valence-corrected chi connectivity index (χ2v) is 6.37. The van der Waals surface area contributed by atoms with Gasteiger partial charge in [-0.15, -0.1) is 0 Å². The molecule has 2 aromatic carbocycles. The molecule has 1 heterocycles. The van der Waals surface area contributed by atoms with E-state index in [2.05, 4.69) is 27.7 Å². The van der Waals surface area contributed by atoms with Crippen molar-refractivity contribution in [2.45, 2.75) is 6.54 Å². The van der Waals surface area contributed by atoms with Gasteiger partial charge < -0.3 is 20.4 Å². The van der Waals surface area contributed by atoms with Gasteiger partial charge >= 0.3 is 6.03 Å². The van der Waals surface area contributed by atoms with Crippen molar-refractivity contribution in [1.82, 2.24) is 15.5 Å². The molecule has 3 rings (SSSR count). The normalized spacial score (nSPS) is 14.0. The van der Waals surface area contributed by atoms with Gasteiger partial charge in [0.25, 0.3) is 0 Å². The first kappa shape index (κ1) is 18.7. The Bertz CT molecular complexity index is 759. The second kappa shape index (κ2) is 9.02. The lowest BCUT2D eigenvalue weighted by Crippen LogP contribution is -2.52. The Kier molecular flexibility index (Phi) is 6.25. The summed E-state index contributed by atoms with van der Waals surface area (Å²) in [5.41, 5.74) is 1.94. The van der Waals surface area contributed by atoms with E-state index in [1.54, 1.807) is 17.0 Å². The summed E-state index contributed by atoms with van der Waals surface area (Å²) in [6, 6.07) is 15.6. The number of nitrogens with one attached hydrogen (secondary N) is 2. The molecule has 0 spiro atoms. The van der Waals surface area contributed by atoms with Gasteiger partial charge in [-0.25, -0.2) is 9.18 Å². The number of para-hydroxylation sites is 1. The average Bonchev–Trinajstić information content (AvgIpc) is 2.72. The summed E-state index contributed by atoms with van der Waals surface area (Å²) in [4.78, 5) is 28.1. The number of amides is 3. The summed E-state index contributed by atoms with van der Waals surface area (Å²) < 4.78 is 12.8. The molecule has 142 valence electrons. The maximum Gasteiger partial charge on any atom is 0.315 e. The molecule has 0 aliphatic carbocycles. The Labute approximate surface area is 158 Å². The summed E-state index contributed by atoms with van der Waals surface area (Å²) in [6.07, 6.45) is 0. The van der Waals surface area contributed by atoms with Crippen LogP contribution in [0.2, 0.25) is 0 Å². The van der Waals surface area contributed by atoms with Crippen LogP contribution in [0.4, 0.5) is 14.9 Å². The smallest absolute Gasteiger partial charge is 0.315 e. The molecule has 7 heteroatoms. The first-order chi connectivity index (χ1) is 13.1. The van der Waals surface area contributed by atoms with Crippen LogP contribution < -0.4 is 15.5 Å². The fourth-order valence-corrected chi connectivity index (χ4v) is 2.97. The van der Waals surface area contributed by atoms with Gasteiger partial charge in [-0.2, -0.15) is 0 Å². The average molecular weight is 370 g/mol. The Morgan fingerprint density at radius 3 is 2.22 bits per heavy atom. The Morgan fingerprint density at radius 2 is 1.56 bits per heavy atom. The predicted molar refractivity (Wildman–Crippen MR) is 102 cm³/mol. The number of carbonyl (C=O) groups excluding carboxylic acids is 2. The summed E-state index contributed by atoms with van der Waals surface area (Å²) in [5, 5.41) is 5.23. The first-order valence-electron chi connectivity index (χ1n) is 8.96. The number of benzene rings is 2. The quantitative estimate of drug-likeness (QED) is 0.846. The molecule has 0 saturated carbocycles. The van der Waals surface area contributed by atoms with Gasteiger partial charge in [0.05, 0.1) is 6.54 Å². The molecule has 0 bridgehead atoms. The molecule has 0 atom stereocenters. The standard InChI is InChI=1S/C20H23FN4O2/c21-17-8-6-16(7-9-17)14-22-20(27)23-15-19(26)25-12-10-24(11-13-25)18-4-2-1-3-5-18/h1-9H,10-15H2,(H2,22,23,27). The van der Waals surface area contributed by atoms with E-state index in [4.69, 9.17) is 0 Å². The van der Waals surface area contributed by atoms with Crippen molar-refractivity contribution in [3.63, 3.8) is 0 Å². The zero-order valence-electron chi connectivity index (χ0n) is 15.0. The summed E-state index contributed by atoms with van der Waals surface area (Å²) in [6.45, 7) is 3.04. The predicted octanol–water partition coefficient (Wildman–Crippen LogP) is 1.97. The van der Waals surface area contributed by atoms with Crippen molar-refractivity contribution in [3.8, 4) is 0 Å². The van der Waals surface area contributed by atoms with Crippen LogP contribution in [0.15, 0.2) is 54.6 Å². The second-order valence-electron chi connectivity index (χ2n) is 6.37. The first-order valence-corrected chi connectivity index (χ1v) is 8.96. The molecular formula is C20H23FN4O2. The molecule has 1 saturated heterocycles. The third kappa shape index (κ3) is 5.44. The number of carbonyl (C=O) groups is 2. The van der Waals surface area contributed by atoms with E-state index < -0.39 is 6.03 Å². The molecule has 2 N–H and O–H groups in total. The lowest BCUT2D eigenvalue weighted by atomic mass is 10.2. The van der Waals surface area contributed by atoms with Crippen molar-refractivity contribution in [3.05, 3.63) is 66.0 Å². The Morgan fingerprint density at radius 1 is 0.889 bits per heavy atom. The van der Waals surface area contributed by atoms with Crippen LogP contribution in [0.3, 0.4) is 0 Å². The van der Waals surface area contributed by atoms with Gasteiger partial charge in [0.1, 0.15) is 5.82 Å². The largest absolute Gasteiger partial charge is 0.368 e. The monoisotopic (exact) mass is 370 g/mol. The molecular weight excluding hydrogens is 347 g/mol. The highest BCUT2D eigenvalue weighted by Crippen LogP contribution is 2.15. The number of halogens is 1. The number of urea groups is 1. The van der Waals surface area contributed by atoms with E-state index in [0.717, 1.165) is 24.3 Å². The zero-order valence-corrected chi connectivity index (χ0v) is 15.0. The van der Waals surface area contributed by atoms with Crippen LogP contribution in [0.25, 0.3) is 0 Å². The van der Waals surface area contributed by atoms with Crippen molar-refractivity contribution < 1.29 is 14.0 Å². The molecule has 0 unspecified atom stereocenters. The lowest BCUT2D eigenvalue weighted by Gasteiger charge is -2.36. The van der Waals surface area contributed by atoms with Gasteiger partial charge in [0, 0.05) is 38.4 Å². The van der Waals surface area contributed by atoms with E-state index in [1.165, 1.54) is 12.1 Å². The number of hydrogen-bond acceptors (Lipinski definition) is 3. The van der Waals surface area contributed by atoms with Gasteiger partial charge in [-0.05, 0) is 29.8 Å². The summed E-state index contributed by atoms with van der Waals surface area (Å²) in [5.74, 6) is -0.416. The van der Waals surface area contributed by atoms with Gasteiger partial charge in [-0.1, -0.05) is 30.3 Å². The van der Waals surface area contributed by atoms with Crippen molar-refractivity contribution in [1.29, 1.82) is 0 Å². The maximum atomic E-state index is 12.8. The van der Waals surface area contributed by atoms with E-state index >= 15 is 0 Å². The third-order valence-electron chi connectivity index (χ3n) is 4.52. The Balaban J connectivity index is 1.37. The summed E-state index contributed by atoms with van der Waals surface area (Å²) in [7, 11) is 0. The van der Waals surface area contributed by atoms with Gasteiger partial charge in [-0.3, -0.25) is 4.79 Å². The van der Waals surface area contributed by atoms with Crippen LogP contribution in [0, 0.1) is 5.82 Å². The molecule has 1 aliphatic heterocycles. The van der Waals surface area contributed by atoms with Gasteiger partial charge in [0.2, 0.25) is 5.91 Å². The number of anilines is 1. The topological polar surface area (TPSA) is 64.7 Å². The molecule has 2 aromatic rings. The number of rotatable bonds is 5. The van der Waals surface area contributed by atoms with Gasteiger partial charge in [0.15, 0.2) is 0 Å². The van der Waals surface area contributed by atoms with Crippen LogP contribution in [0.1, 0.15) is 5.56 Å². The van der Waals surface area contributed by atoms with E-state index in [-0.39, 0.29) is 24.8 Å². The third-order valence-corrected chi connectivity index (χ3v) is 4.52. The van der Waals surface area contributed by atoms with E-state index in [9.17, 15) is 14.0 Å². The molecule has 1 aliphatic rings. The minimum absolute atomic E-state index is 0.0411. The highest BCUT2D eigenvalue weighted by Gasteiger charge is 2.21. The van der Waals surface area contributed by atoms with Crippen molar-refractivity contribution in [2.75, 3.05) is 37.6 Å². The highest BCUT2D eigenvalue weighted by atomic mass is 19.1. The van der Waals surface area contributed by atoms with Crippen LogP contribution in [-0.2, 0) is 11.3 Å². The number of nitrogens with zero attached hydrogens (tertiary/aromatic N) is 2. The Hall–Kier alpha value is -3.09. The SMILES string of the molecule is O=C(NCC(=O)N1CCN(c2ccccc2)CC1)NCc1ccc(F)cc1. The molecule has 6 nitrogen and oxygen atoms in total. The summed E-state index contributed by atoms with van der Waals surface area (Å²) >= 11 is 0. The number of hydrogen-bond donors (Lipinski definition) is 2. The fourth-order valence-electron chi connectivity index (χ4n) is 2.97. The van der Waals surface area contributed by atoms with E-state index in [1.807, 2.05) is 18.2 Å². The van der Waals surface area contributed by atoms with E-state index in [0.29, 0.717) is 13.1 Å². The molecule has 0 radical (unpaired) electrons. The minimum atomic E-state index is -0.421. The zero-order chi connectivity index (χ0) is 19.1. The van der Waals surface area contributed by atoms with Crippen molar-refractivity contribution in [2.24, 2.45) is 0 Å². The minimum Gasteiger partial charge on any atom is -0.368 e. The van der Waals surface area contributed by atoms with Crippen molar-refractivity contribution >= 4 is 17.6 Å². The molecule has 27 heavy (non-hydrogen) atoms. The van der Waals surface area contributed by atoms with Crippen LogP contribution in [0.5, 0.6) is 0 Å². The molecule has 0 aromatic heterocycles. The van der Waals surface area contributed by atoms with Crippen LogP contribution >= 0.6 is 0 Å². The molecule has 1 fully saturated rings. The highest BCUT2D eigenvalue weighted by molar-refractivity contribution is 5.84. The lowest BCUT2D eigenvalue weighted by molar-refractivity contribution is -0.130.